The van der Waals surface area contributed by atoms with Crippen LogP contribution in [-0.2, 0) is 9.59 Å². The first-order chi connectivity index (χ1) is 7.47. The number of hydrogen-bond acceptors (Lipinski definition) is 3. The van der Waals surface area contributed by atoms with Crippen molar-refractivity contribution in [2.24, 2.45) is 5.92 Å². The first-order valence-electron chi connectivity index (χ1n) is 5.70. The molecule has 0 saturated carbocycles. The van der Waals surface area contributed by atoms with Gasteiger partial charge in [-0.25, -0.2) is 0 Å². The predicted octanol–water partition coefficient (Wildman–Crippen LogP) is 0.602. The molecule has 0 fully saturated rings. The van der Waals surface area contributed by atoms with Gasteiger partial charge in [-0.2, -0.15) is 0 Å². The van der Waals surface area contributed by atoms with Crippen molar-refractivity contribution in [3.63, 3.8) is 0 Å². The molecule has 16 heavy (non-hydrogen) atoms. The highest BCUT2D eigenvalue weighted by molar-refractivity contribution is 5.85. The molecular weight excluding hydrogens is 208 g/mol. The number of nitrogens with one attached hydrogen (secondary N) is 2. The van der Waals surface area contributed by atoms with E-state index in [1.165, 1.54) is 0 Å². The van der Waals surface area contributed by atoms with Gasteiger partial charge in [-0.05, 0) is 25.3 Å². The predicted molar refractivity (Wildman–Crippen MR) is 62.2 cm³/mol. The van der Waals surface area contributed by atoms with Crippen molar-refractivity contribution >= 4 is 11.9 Å². The van der Waals surface area contributed by atoms with Gasteiger partial charge in [-0.1, -0.05) is 20.8 Å². The lowest BCUT2D eigenvalue weighted by atomic mass is 10.0. The van der Waals surface area contributed by atoms with E-state index in [0.29, 0.717) is 12.3 Å². The third kappa shape index (κ3) is 7.23. The van der Waals surface area contributed by atoms with Gasteiger partial charge in [0.25, 0.3) is 0 Å². The van der Waals surface area contributed by atoms with Crippen LogP contribution in [-0.4, -0.2) is 36.1 Å². The SMILES string of the molecule is CCCN[C@@H](CC(C)C)C(=O)NCC(=O)O. The molecule has 94 valence electrons. The molecule has 0 rings (SSSR count). The van der Waals surface area contributed by atoms with Crippen LogP contribution in [0, 0.1) is 5.92 Å². The topological polar surface area (TPSA) is 78.4 Å². The van der Waals surface area contributed by atoms with Gasteiger partial charge in [0.2, 0.25) is 5.91 Å². The number of carboxylic acids is 1. The average Bonchev–Trinajstić information content (AvgIpc) is 2.20. The fraction of sp³-hybridized carbons (Fsp3) is 0.818. The van der Waals surface area contributed by atoms with Crippen LogP contribution in [0.1, 0.15) is 33.6 Å². The summed E-state index contributed by atoms with van der Waals surface area (Å²) in [7, 11) is 0. The second-order valence-electron chi connectivity index (χ2n) is 4.25. The van der Waals surface area contributed by atoms with Crippen LogP contribution in [0.25, 0.3) is 0 Å². The van der Waals surface area contributed by atoms with E-state index in [0.717, 1.165) is 13.0 Å². The third-order valence-corrected chi connectivity index (χ3v) is 2.08. The number of aliphatic carboxylic acids is 1. The van der Waals surface area contributed by atoms with Crippen molar-refractivity contribution in [1.29, 1.82) is 0 Å². The summed E-state index contributed by atoms with van der Waals surface area (Å²) in [5.74, 6) is -0.860. The lowest BCUT2D eigenvalue weighted by molar-refractivity contribution is -0.138. The summed E-state index contributed by atoms with van der Waals surface area (Å²) < 4.78 is 0. The minimum absolute atomic E-state index is 0.232. The molecule has 5 nitrogen and oxygen atoms in total. The van der Waals surface area contributed by atoms with E-state index in [9.17, 15) is 9.59 Å². The maximum atomic E-state index is 11.7. The summed E-state index contributed by atoms with van der Waals surface area (Å²) in [6.07, 6.45) is 1.66. The van der Waals surface area contributed by atoms with E-state index in [-0.39, 0.29) is 18.5 Å². The van der Waals surface area contributed by atoms with Crippen molar-refractivity contribution in [3.05, 3.63) is 0 Å². The molecule has 0 heterocycles. The molecule has 0 aromatic heterocycles. The Kier molecular flexibility index (Phi) is 7.54. The molecule has 0 unspecified atom stereocenters. The van der Waals surface area contributed by atoms with E-state index in [4.69, 9.17) is 5.11 Å². The number of rotatable bonds is 8. The highest BCUT2D eigenvalue weighted by Gasteiger charge is 2.18. The van der Waals surface area contributed by atoms with Crippen molar-refractivity contribution < 1.29 is 14.7 Å². The van der Waals surface area contributed by atoms with Crippen LogP contribution in [0.3, 0.4) is 0 Å². The Bertz CT molecular complexity index is 229. The number of carbonyl (C=O) groups is 2. The summed E-state index contributed by atoms with van der Waals surface area (Å²) in [5, 5.41) is 14.0. The lowest BCUT2D eigenvalue weighted by Gasteiger charge is -2.19. The monoisotopic (exact) mass is 230 g/mol. The molecule has 5 heteroatoms. The highest BCUT2D eigenvalue weighted by atomic mass is 16.4. The second-order valence-corrected chi connectivity index (χ2v) is 4.25. The Labute approximate surface area is 96.6 Å². The third-order valence-electron chi connectivity index (χ3n) is 2.08. The smallest absolute Gasteiger partial charge is 0.322 e. The molecule has 3 N–H and O–H groups in total. The Balaban J connectivity index is 4.14. The van der Waals surface area contributed by atoms with Gasteiger partial charge in [0.1, 0.15) is 6.54 Å². The quantitative estimate of drug-likeness (QED) is 0.570. The minimum atomic E-state index is -1.02. The standard InChI is InChI=1S/C11H22N2O3/c1-4-5-12-9(6-8(2)3)11(16)13-7-10(14)15/h8-9,12H,4-7H2,1-3H3,(H,13,16)(H,14,15)/t9-/m0/s1. The van der Waals surface area contributed by atoms with Gasteiger partial charge in [0.05, 0.1) is 6.04 Å². The van der Waals surface area contributed by atoms with E-state index < -0.39 is 5.97 Å². The van der Waals surface area contributed by atoms with Crippen molar-refractivity contribution in [3.8, 4) is 0 Å². The van der Waals surface area contributed by atoms with Crippen molar-refractivity contribution in [1.82, 2.24) is 10.6 Å². The maximum absolute atomic E-state index is 11.7. The van der Waals surface area contributed by atoms with Crippen molar-refractivity contribution in [2.45, 2.75) is 39.7 Å². The fourth-order valence-electron chi connectivity index (χ4n) is 1.36. The summed E-state index contributed by atoms with van der Waals surface area (Å²) in [5.41, 5.74) is 0. The van der Waals surface area contributed by atoms with E-state index in [1.54, 1.807) is 0 Å². The molecule has 0 bridgehead atoms. The van der Waals surface area contributed by atoms with Crippen LogP contribution in [0.5, 0.6) is 0 Å². The Morgan fingerprint density at radius 3 is 2.38 bits per heavy atom. The zero-order chi connectivity index (χ0) is 12.6. The van der Waals surface area contributed by atoms with Gasteiger partial charge < -0.3 is 15.7 Å². The van der Waals surface area contributed by atoms with E-state index >= 15 is 0 Å². The molecule has 1 amide bonds. The van der Waals surface area contributed by atoms with Gasteiger partial charge in [-0.3, -0.25) is 9.59 Å². The molecule has 0 radical (unpaired) electrons. The van der Waals surface area contributed by atoms with Crippen molar-refractivity contribution in [2.75, 3.05) is 13.1 Å². The molecule has 0 aliphatic heterocycles. The van der Waals surface area contributed by atoms with Gasteiger partial charge >= 0.3 is 5.97 Å². The number of carbonyl (C=O) groups excluding carboxylic acids is 1. The zero-order valence-electron chi connectivity index (χ0n) is 10.2. The lowest BCUT2D eigenvalue weighted by Crippen LogP contribution is -2.46. The first kappa shape index (κ1) is 14.9. The van der Waals surface area contributed by atoms with Gasteiger partial charge in [-0.15, -0.1) is 0 Å². The largest absolute Gasteiger partial charge is 0.480 e. The molecule has 0 aliphatic carbocycles. The van der Waals surface area contributed by atoms with Gasteiger partial charge in [0.15, 0.2) is 0 Å². The summed E-state index contributed by atoms with van der Waals surface area (Å²) in [6, 6.07) is -0.292. The average molecular weight is 230 g/mol. The van der Waals surface area contributed by atoms with Crippen LogP contribution in [0.4, 0.5) is 0 Å². The molecule has 0 spiro atoms. The molecule has 0 aromatic rings. The van der Waals surface area contributed by atoms with Crippen LogP contribution < -0.4 is 10.6 Å². The molecule has 0 aliphatic rings. The Hall–Kier alpha value is -1.10. The molecular formula is C11H22N2O3. The van der Waals surface area contributed by atoms with Gasteiger partial charge in [0, 0.05) is 0 Å². The molecule has 1 atom stereocenters. The number of hydrogen-bond donors (Lipinski definition) is 3. The van der Waals surface area contributed by atoms with Crippen LogP contribution in [0.2, 0.25) is 0 Å². The Morgan fingerprint density at radius 2 is 1.94 bits per heavy atom. The second kappa shape index (κ2) is 8.10. The number of carboxylic acid groups (broad SMARTS) is 1. The highest BCUT2D eigenvalue weighted by Crippen LogP contribution is 2.04. The van der Waals surface area contributed by atoms with E-state index in [1.807, 2.05) is 20.8 Å². The molecule has 0 aromatic carbocycles. The normalized spacial score (nSPS) is 12.5. The maximum Gasteiger partial charge on any atom is 0.322 e. The summed E-state index contributed by atoms with van der Waals surface area (Å²) in [4.78, 5) is 22.0. The van der Waals surface area contributed by atoms with Crippen LogP contribution in [0.15, 0.2) is 0 Å². The van der Waals surface area contributed by atoms with E-state index in [2.05, 4.69) is 10.6 Å². The minimum Gasteiger partial charge on any atom is -0.480 e. The zero-order valence-corrected chi connectivity index (χ0v) is 10.2. The Morgan fingerprint density at radius 1 is 1.31 bits per heavy atom. The van der Waals surface area contributed by atoms with Crippen LogP contribution >= 0.6 is 0 Å². The fourth-order valence-corrected chi connectivity index (χ4v) is 1.36. The molecule has 0 saturated heterocycles. The first-order valence-corrected chi connectivity index (χ1v) is 5.70. The number of amides is 1. The summed E-state index contributed by atoms with van der Waals surface area (Å²) >= 11 is 0. The summed E-state index contributed by atoms with van der Waals surface area (Å²) in [6.45, 7) is 6.53.